The fourth-order valence-electron chi connectivity index (χ4n) is 4.54. The topological polar surface area (TPSA) is 18.5 Å². The summed E-state index contributed by atoms with van der Waals surface area (Å²) in [6, 6.07) is 8.90. The molecule has 0 fully saturated rings. The third-order valence-electron chi connectivity index (χ3n) is 6.50. The number of benzene rings is 2. The van der Waals surface area contributed by atoms with Gasteiger partial charge < -0.3 is 9.47 Å². The highest BCUT2D eigenvalue weighted by Crippen LogP contribution is 2.45. The lowest BCUT2D eigenvalue weighted by atomic mass is 10.1. The van der Waals surface area contributed by atoms with Gasteiger partial charge in [-0.2, -0.15) is 0 Å². The monoisotopic (exact) mass is 578 g/mol. The van der Waals surface area contributed by atoms with Crippen LogP contribution in [-0.4, -0.2) is 13.2 Å². The summed E-state index contributed by atoms with van der Waals surface area (Å²) >= 11 is 7.47. The SMILES string of the molecule is CCCCCCCCOc1cc2c(cc1Br)Cc1cc(Br)c(OCCCCCCCC)cc1-2. The summed E-state index contributed by atoms with van der Waals surface area (Å²) in [6.45, 7) is 6.08. The Morgan fingerprint density at radius 3 is 1.39 bits per heavy atom. The second kappa shape index (κ2) is 14.4. The Hall–Kier alpha value is -1.00. The second-order valence-corrected chi connectivity index (χ2v) is 11.0. The molecule has 0 atom stereocenters. The first-order valence-corrected chi connectivity index (χ1v) is 14.6. The van der Waals surface area contributed by atoms with E-state index in [0.29, 0.717) is 0 Å². The number of hydrogen-bond donors (Lipinski definition) is 0. The molecule has 0 amide bonds. The summed E-state index contributed by atoms with van der Waals surface area (Å²) in [5.74, 6) is 1.90. The van der Waals surface area contributed by atoms with E-state index in [1.54, 1.807) is 0 Å². The fourth-order valence-corrected chi connectivity index (χ4v) is 5.55. The number of halogens is 2. The minimum Gasteiger partial charge on any atom is -0.492 e. The van der Waals surface area contributed by atoms with E-state index >= 15 is 0 Å². The van der Waals surface area contributed by atoms with Crippen LogP contribution in [0.1, 0.15) is 102 Å². The van der Waals surface area contributed by atoms with Crippen molar-refractivity contribution in [3.05, 3.63) is 44.3 Å². The predicted molar refractivity (Wildman–Crippen MR) is 148 cm³/mol. The van der Waals surface area contributed by atoms with Crippen molar-refractivity contribution in [1.82, 2.24) is 0 Å². The number of fused-ring (bicyclic) bond motifs is 3. The molecule has 0 aromatic heterocycles. The van der Waals surface area contributed by atoms with Crippen molar-refractivity contribution < 1.29 is 9.47 Å². The Labute approximate surface area is 218 Å². The Morgan fingerprint density at radius 2 is 0.970 bits per heavy atom. The second-order valence-electron chi connectivity index (χ2n) is 9.29. The molecule has 2 aromatic carbocycles. The molecule has 1 aliphatic carbocycles. The van der Waals surface area contributed by atoms with Gasteiger partial charge in [-0.15, -0.1) is 0 Å². The molecule has 0 spiro atoms. The summed E-state index contributed by atoms with van der Waals surface area (Å²) in [4.78, 5) is 0. The zero-order chi connectivity index (χ0) is 23.5. The van der Waals surface area contributed by atoms with Crippen LogP contribution >= 0.6 is 31.9 Å². The van der Waals surface area contributed by atoms with E-state index in [1.807, 2.05) is 0 Å². The lowest BCUT2D eigenvalue weighted by Gasteiger charge is -2.13. The quantitative estimate of drug-likeness (QED) is 0.157. The minimum absolute atomic E-state index is 0.781. The zero-order valence-electron chi connectivity index (χ0n) is 20.5. The van der Waals surface area contributed by atoms with Gasteiger partial charge in [0.1, 0.15) is 11.5 Å². The van der Waals surface area contributed by atoms with Crippen molar-refractivity contribution >= 4 is 31.9 Å². The van der Waals surface area contributed by atoms with Crippen molar-refractivity contribution in [2.24, 2.45) is 0 Å². The molecule has 0 N–H and O–H groups in total. The Balaban J connectivity index is 1.58. The van der Waals surface area contributed by atoms with Gasteiger partial charge in [0.2, 0.25) is 0 Å². The molecule has 2 nitrogen and oxygen atoms in total. The van der Waals surface area contributed by atoms with Crippen molar-refractivity contribution in [2.45, 2.75) is 97.3 Å². The van der Waals surface area contributed by atoms with Gasteiger partial charge >= 0.3 is 0 Å². The first kappa shape index (κ1) is 26.6. The summed E-state index contributed by atoms with van der Waals surface area (Å²) in [5.41, 5.74) is 5.26. The van der Waals surface area contributed by atoms with Crippen LogP contribution in [0.25, 0.3) is 11.1 Å². The van der Waals surface area contributed by atoms with Crippen molar-refractivity contribution in [1.29, 1.82) is 0 Å². The molecule has 182 valence electrons. The maximum Gasteiger partial charge on any atom is 0.134 e. The van der Waals surface area contributed by atoms with Crippen molar-refractivity contribution in [2.75, 3.05) is 13.2 Å². The van der Waals surface area contributed by atoms with Crippen LogP contribution < -0.4 is 9.47 Å². The van der Waals surface area contributed by atoms with E-state index in [0.717, 1.165) is 52.9 Å². The molecule has 1 aliphatic rings. The van der Waals surface area contributed by atoms with Crippen LogP contribution in [0.3, 0.4) is 0 Å². The molecule has 3 rings (SSSR count). The van der Waals surface area contributed by atoms with Gasteiger partial charge in [0.25, 0.3) is 0 Å². The minimum atomic E-state index is 0.781. The first-order chi connectivity index (χ1) is 16.1. The van der Waals surface area contributed by atoms with Gasteiger partial charge in [-0.05, 0) is 97.6 Å². The average molecular weight is 580 g/mol. The molecule has 0 saturated carbocycles. The van der Waals surface area contributed by atoms with E-state index < -0.39 is 0 Å². The highest BCUT2D eigenvalue weighted by atomic mass is 79.9. The molecule has 0 radical (unpaired) electrons. The molecule has 0 saturated heterocycles. The zero-order valence-corrected chi connectivity index (χ0v) is 23.7. The van der Waals surface area contributed by atoms with Gasteiger partial charge in [-0.25, -0.2) is 0 Å². The summed E-state index contributed by atoms with van der Waals surface area (Å²) in [6.07, 6.45) is 16.3. The van der Waals surface area contributed by atoms with Gasteiger partial charge in [0, 0.05) is 0 Å². The Bertz CT molecular complexity index is 807. The molecule has 4 heteroatoms. The average Bonchev–Trinajstić information content (AvgIpc) is 3.13. The summed E-state index contributed by atoms with van der Waals surface area (Å²) < 4.78 is 14.4. The highest BCUT2D eigenvalue weighted by Gasteiger charge is 2.23. The van der Waals surface area contributed by atoms with E-state index in [4.69, 9.17) is 9.47 Å². The molecular formula is C29H40Br2O2. The number of unbranched alkanes of at least 4 members (excludes halogenated alkanes) is 10. The largest absolute Gasteiger partial charge is 0.492 e. The van der Waals surface area contributed by atoms with Crippen molar-refractivity contribution in [3.8, 4) is 22.6 Å². The predicted octanol–water partition coefficient (Wildman–Crippen LogP) is 10.3. The molecular weight excluding hydrogens is 540 g/mol. The molecule has 2 aromatic rings. The molecule has 0 heterocycles. The maximum atomic E-state index is 6.17. The normalized spacial score (nSPS) is 12.0. The van der Waals surface area contributed by atoms with Crippen LogP contribution in [0.5, 0.6) is 11.5 Å². The van der Waals surface area contributed by atoms with Gasteiger partial charge in [0.05, 0.1) is 22.2 Å². The third kappa shape index (κ3) is 8.02. The van der Waals surface area contributed by atoms with Crippen LogP contribution in [0, 0.1) is 0 Å². The summed E-state index contributed by atoms with van der Waals surface area (Å²) in [5, 5.41) is 0. The van der Waals surface area contributed by atoms with Crippen LogP contribution in [0.2, 0.25) is 0 Å². The van der Waals surface area contributed by atoms with Gasteiger partial charge in [0.15, 0.2) is 0 Å². The Morgan fingerprint density at radius 1 is 0.576 bits per heavy atom. The van der Waals surface area contributed by atoms with Crippen LogP contribution in [-0.2, 0) is 6.42 Å². The molecule has 0 unspecified atom stereocenters. The number of rotatable bonds is 16. The van der Waals surface area contributed by atoms with Crippen molar-refractivity contribution in [3.63, 3.8) is 0 Å². The van der Waals surface area contributed by atoms with E-state index in [9.17, 15) is 0 Å². The fraction of sp³-hybridized carbons (Fsp3) is 0.586. The lowest BCUT2D eigenvalue weighted by molar-refractivity contribution is 0.302. The Kier molecular flexibility index (Phi) is 11.6. The van der Waals surface area contributed by atoms with Crippen LogP contribution in [0.4, 0.5) is 0 Å². The highest BCUT2D eigenvalue weighted by molar-refractivity contribution is 9.10. The molecule has 0 aliphatic heterocycles. The maximum absolute atomic E-state index is 6.17. The third-order valence-corrected chi connectivity index (χ3v) is 7.74. The molecule has 33 heavy (non-hydrogen) atoms. The standard InChI is InChI=1S/C29H40Br2O2/c1-3-5-7-9-11-13-15-32-28-20-24-22(18-26(28)30)17-23-19-27(31)29(21-25(23)24)33-16-14-12-10-8-6-4-2/h18-21H,3-17H2,1-2H3. The lowest BCUT2D eigenvalue weighted by Crippen LogP contribution is -1.99. The number of hydrogen-bond acceptors (Lipinski definition) is 2. The van der Waals surface area contributed by atoms with Gasteiger partial charge in [-0.1, -0.05) is 78.1 Å². The first-order valence-electron chi connectivity index (χ1n) is 13.0. The van der Waals surface area contributed by atoms with E-state index in [2.05, 4.69) is 70.0 Å². The van der Waals surface area contributed by atoms with E-state index in [-0.39, 0.29) is 0 Å². The van der Waals surface area contributed by atoms with Gasteiger partial charge in [-0.3, -0.25) is 0 Å². The van der Waals surface area contributed by atoms with Crippen LogP contribution in [0.15, 0.2) is 33.2 Å². The van der Waals surface area contributed by atoms with E-state index in [1.165, 1.54) is 86.5 Å². The smallest absolute Gasteiger partial charge is 0.134 e. The number of ether oxygens (including phenoxy) is 2. The molecule has 0 bridgehead atoms. The summed E-state index contributed by atoms with van der Waals surface area (Å²) in [7, 11) is 0.